The minimum atomic E-state index is -2.08. The molecule has 0 spiro atoms. The molecule has 72 heavy (non-hydrogen) atoms. The summed E-state index contributed by atoms with van der Waals surface area (Å²) in [5.74, 6) is 0. The van der Waals surface area contributed by atoms with Gasteiger partial charge >= 0.3 is 0 Å². The van der Waals surface area contributed by atoms with Gasteiger partial charge in [-0.1, -0.05) is 292 Å². The summed E-state index contributed by atoms with van der Waals surface area (Å²) in [5, 5.41) is 5.45. The van der Waals surface area contributed by atoms with Crippen LogP contribution in [0.2, 0.25) is 26.2 Å². The van der Waals surface area contributed by atoms with Crippen LogP contribution < -0.4 is 0 Å². The average molecular weight is 953 g/mol. The number of benzene rings is 10. The highest BCUT2D eigenvalue weighted by molar-refractivity contribution is 7.03. The van der Waals surface area contributed by atoms with Gasteiger partial charge < -0.3 is 0 Å². The number of hydrogen-bond donors (Lipinski definition) is 0. The molecule has 10 aromatic rings. The molecular weight excluding hydrogens is 897 g/mol. The van der Waals surface area contributed by atoms with E-state index in [1.54, 1.807) is 0 Å². The molecule has 12 rings (SSSR count). The Labute approximate surface area is 427 Å². The van der Waals surface area contributed by atoms with E-state index in [9.17, 15) is 0 Å². The van der Waals surface area contributed by atoms with Crippen LogP contribution in [0, 0.1) is 0 Å². The molecule has 10 aromatic carbocycles. The second-order valence-electron chi connectivity index (χ2n) is 20.5. The standard InChI is InChI=1S/C70H56Si2/c1-71(2)47-61(49-25-11-5-12-26-49)65(53-33-19-9-20-34-53)69(71)57-43-39-55(40-44-57)67-63(51-29-15-7-16-30-51)59-37-23-24-38-60(59)64(52-31-17-8-18-32-52)68(67)56-41-45-58(46-42-56)70-66(54-35-21-10-22-36-54)62(48-72(70,3)4)50-27-13-6-14-28-50/h5-48H,1-4H3. The number of fused-ring (bicyclic) bond motifs is 1. The highest BCUT2D eigenvalue weighted by Crippen LogP contribution is 2.54. The van der Waals surface area contributed by atoms with Crippen LogP contribution >= 0.6 is 0 Å². The zero-order valence-corrected chi connectivity index (χ0v) is 43.4. The summed E-state index contributed by atoms with van der Waals surface area (Å²) in [5.41, 5.74) is 28.1. The van der Waals surface area contributed by atoms with Crippen LogP contribution in [0.25, 0.3) is 88.0 Å². The van der Waals surface area contributed by atoms with Gasteiger partial charge in [0, 0.05) is 0 Å². The van der Waals surface area contributed by atoms with Crippen LogP contribution in [0.4, 0.5) is 0 Å². The Hall–Kier alpha value is -8.15. The second kappa shape index (κ2) is 18.6. The topological polar surface area (TPSA) is 0 Å². The van der Waals surface area contributed by atoms with Gasteiger partial charge in [0.25, 0.3) is 0 Å². The SMILES string of the molecule is C[Si]1(C)C=C(c2ccccc2)C(c2ccccc2)=C1c1ccc(-c2c(-c3ccc(C4=C(c5ccccc5)C(c5ccccc5)=C[Si]4(C)C)cc3)c(-c3ccccc3)c3ccccc3c2-c2ccccc2)cc1. The van der Waals surface area contributed by atoms with E-state index < -0.39 is 16.1 Å². The highest BCUT2D eigenvalue weighted by atomic mass is 28.3. The highest BCUT2D eigenvalue weighted by Gasteiger charge is 2.38. The van der Waals surface area contributed by atoms with Crippen molar-refractivity contribution < 1.29 is 0 Å². The molecule has 0 atom stereocenters. The smallest absolute Gasteiger partial charge is 0.0818 e. The molecule has 2 aliphatic heterocycles. The maximum atomic E-state index is 2.62. The molecule has 0 N–H and O–H groups in total. The van der Waals surface area contributed by atoms with Gasteiger partial charge in [0.05, 0.1) is 0 Å². The predicted molar refractivity (Wildman–Crippen MR) is 316 cm³/mol. The number of allylic oxidation sites excluding steroid dienone is 4. The molecule has 344 valence electrons. The molecule has 2 heterocycles. The molecule has 0 fully saturated rings. The first-order chi connectivity index (χ1) is 35.2. The lowest BCUT2D eigenvalue weighted by atomic mass is 9.78. The molecule has 0 saturated carbocycles. The average Bonchev–Trinajstić information content (AvgIpc) is 3.90. The van der Waals surface area contributed by atoms with Crippen molar-refractivity contribution in [3.8, 4) is 44.5 Å². The van der Waals surface area contributed by atoms with Gasteiger partial charge in [-0.2, -0.15) is 0 Å². The van der Waals surface area contributed by atoms with E-state index in [1.165, 1.54) is 121 Å². The predicted octanol–water partition coefficient (Wildman–Crippen LogP) is 19.1. The summed E-state index contributed by atoms with van der Waals surface area (Å²) in [6.07, 6.45) is 0. The van der Waals surface area contributed by atoms with Crippen molar-refractivity contribution in [2.24, 2.45) is 0 Å². The van der Waals surface area contributed by atoms with E-state index in [2.05, 4.69) is 292 Å². The summed E-state index contributed by atoms with van der Waals surface area (Å²) in [4.78, 5) is 0. The molecule has 2 aliphatic rings. The summed E-state index contributed by atoms with van der Waals surface area (Å²) in [6, 6.07) is 94.6. The van der Waals surface area contributed by atoms with E-state index >= 15 is 0 Å². The Morgan fingerprint density at radius 2 is 0.444 bits per heavy atom. The normalized spacial score (nSPS) is 14.9. The molecule has 0 aliphatic carbocycles. The summed E-state index contributed by atoms with van der Waals surface area (Å²) in [7, 11) is -4.16. The van der Waals surface area contributed by atoms with Crippen LogP contribution in [0.3, 0.4) is 0 Å². The fraction of sp³-hybridized carbons (Fsp3) is 0.0571. The van der Waals surface area contributed by atoms with Crippen molar-refractivity contribution in [3.05, 3.63) is 300 Å². The van der Waals surface area contributed by atoms with Crippen molar-refractivity contribution in [2.45, 2.75) is 26.2 Å². The van der Waals surface area contributed by atoms with Gasteiger partial charge in [-0.3, -0.25) is 0 Å². The Kier molecular flexibility index (Phi) is 11.6. The molecular formula is C70H56Si2. The van der Waals surface area contributed by atoms with Gasteiger partial charge in [-0.05, 0) is 121 Å². The molecule has 2 heteroatoms. The lowest BCUT2D eigenvalue weighted by Crippen LogP contribution is -2.23. The zero-order valence-electron chi connectivity index (χ0n) is 41.4. The van der Waals surface area contributed by atoms with Gasteiger partial charge in [-0.25, -0.2) is 0 Å². The van der Waals surface area contributed by atoms with Crippen molar-refractivity contribution >= 4 is 59.6 Å². The molecule has 0 amide bonds. The van der Waals surface area contributed by atoms with Crippen molar-refractivity contribution in [1.29, 1.82) is 0 Å². The number of hydrogen-bond acceptors (Lipinski definition) is 0. The minimum Gasteiger partial charge on any atom is -0.0818 e. The van der Waals surface area contributed by atoms with E-state index in [-0.39, 0.29) is 0 Å². The Balaban J connectivity index is 1.10. The van der Waals surface area contributed by atoms with E-state index in [0.717, 1.165) is 0 Å². The van der Waals surface area contributed by atoms with E-state index in [1.807, 2.05) is 0 Å². The van der Waals surface area contributed by atoms with Gasteiger partial charge in [0.2, 0.25) is 0 Å². The first-order valence-electron chi connectivity index (χ1n) is 25.3. The second-order valence-corrected chi connectivity index (χ2v) is 28.9. The fourth-order valence-corrected chi connectivity index (χ4v) is 17.9. The first kappa shape index (κ1) is 45.0. The maximum absolute atomic E-state index is 2.62. The minimum absolute atomic E-state index is 1.20. The molecule has 0 aromatic heterocycles. The summed E-state index contributed by atoms with van der Waals surface area (Å²) >= 11 is 0. The first-order valence-corrected chi connectivity index (χ1v) is 31.5. The van der Waals surface area contributed by atoms with Crippen LogP contribution in [0.15, 0.2) is 266 Å². The molecule has 0 nitrogen and oxygen atoms in total. The molecule has 0 saturated heterocycles. The van der Waals surface area contributed by atoms with Crippen molar-refractivity contribution in [1.82, 2.24) is 0 Å². The fourth-order valence-electron chi connectivity index (χ4n) is 11.9. The van der Waals surface area contributed by atoms with Crippen LogP contribution in [-0.2, 0) is 0 Å². The van der Waals surface area contributed by atoms with E-state index in [4.69, 9.17) is 0 Å². The van der Waals surface area contributed by atoms with Crippen molar-refractivity contribution in [3.63, 3.8) is 0 Å². The zero-order chi connectivity index (χ0) is 48.8. The van der Waals surface area contributed by atoms with Crippen LogP contribution in [-0.4, -0.2) is 16.1 Å². The van der Waals surface area contributed by atoms with E-state index in [0.29, 0.717) is 0 Å². The van der Waals surface area contributed by atoms with Crippen LogP contribution in [0.5, 0.6) is 0 Å². The maximum Gasteiger partial charge on any atom is 0.106 e. The third kappa shape index (κ3) is 8.03. The Morgan fingerprint density at radius 1 is 0.208 bits per heavy atom. The lowest BCUT2D eigenvalue weighted by Gasteiger charge is -2.26. The monoisotopic (exact) mass is 952 g/mol. The van der Waals surface area contributed by atoms with Crippen LogP contribution in [0.1, 0.15) is 33.4 Å². The Morgan fingerprint density at radius 3 is 0.750 bits per heavy atom. The molecule has 0 bridgehead atoms. The largest absolute Gasteiger partial charge is 0.106 e. The third-order valence-corrected chi connectivity index (χ3v) is 20.6. The lowest BCUT2D eigenvalue weighted by molar-refractivity contribution is 1.54. The quantitative estimate of drug-likeness (QED) is 0.120. The van der Waals surface area contributed by atoms with Gasteiger partial charge in [-0.15, -0.1) is 0 Å². The molecule has 0 unspecified atom stereocenters. The number of rotatable bonds is 10. The third-order valence-electron chi connectivity index (χ3n) is 14.9. The molecule has 0 radical (unpaired) electrons. The summed E-state index contributed by atoms with van der Waals surface area (Å²) in [6.45, 7) is 10.0. The van der Waals surface area contributed by atoms with Crippen molar-refractivity contribution in [2.75, 3.05) is 0 Å². The Bertz CT molecular complexity index is 3500. The van der Waals surface area contributed by atoms with Gasteiger partial charge in [0.1, 0.15) is 16.1 Å². The van der Waals surface area contributed by atoms with Gasteiger partial charge in [0.15, 0.2) is 0 Å². The summed E-state index contributed by atoms with van der Waals surface area (Å²) < 4.78 is 0.